The molecule has 0 aromatic carbocycles. The molecule has 1 aliphatic rings. The van der Waals surface area contributed by atoms with E-state index < -0.39 is 5.60 Å². The molecule has 0 amide bonds. The summed E-state index contributed by atoms with van der Waals surface area (Å²) in [6.45, 7) is 0.855. The Bertz CT molecular complexity index is 579. The van der Waals surface area contributed by atoms with Crippen molar-refractivity contribution in [3.8, 4) is 0 Å². The summed E-state index contributed by atoms with van der Waals surface area (Å²) in [5.41, 5.74) is 0.229. The molecule has 0 unspecified atom stereocenters. The molecular formula is C16H19ClN2OS. The molecule has 1 fully saturated rings. The van der Waals surface area contributed by atoms with Crippen LogP contribution in [0.15, 0.2) is 36.0 Å². The fourth-order valence-corrected chi connectivity index (χ4v) is 3.94. The van der Waals surface area contributed by atoms with Gasteiger partial charge < -0.3 is 10.4 Å². The smallest absolute Gasteiger partial charge is 0.0912 e. The second-order valence-electron chi connectivity index (χ2n) is 5.66. The van der Waals surface area contributed by atoms with Gasteiger partial charge in [-0.1, -0.05) is 17.7 Å². The molecule has 2 aromatic heterocycles. The van der Waals surface area contributed by atoms with Crippen molar-refractivity contribution in [1.82, 2.24) is 10.3 Å². The third-order valence-electron chi connectivity index (χ3n) is 4.20. The van der Waals surface area contributed by atoms with E-state index in [0.29, 0.717) is 6.04 Å². The first-order valence-electron chi connectivity index (χ1n) is 7.25. The molecular weight excluding hydrogens is 304 g/mol. The fraction of sp³-hybridized carbons (Fsp3) is 0.438. The van der Waals surface area contributed by atoms with Crippen LogP contribution in [0.1, 0.15) is 36.1 Å². The van der Waals surface area contributed by atoms with Gasteiger partial charge in [0, 0.05) is 40.8 Å². The van der Waals surface area contributed by atoms with Crippen LogP contribution in [0.3, 0.4) is 0 Å². The molecule has 0 atom stereocenters. The molecule has 1 aliphatic carbocycles. The third-order valence-corrected chi connectivity index (χ3v) is 5.48. The lowest BCUT2D eigenvalue weighted by atomic mass is 9.78. The molecule has 0 radical (unpaired) electrons. The number of nitrogens with zero attached hydrogens (tertiary/aromatic N) is 1. The summed E-state index contributed by atoms with van der Waals surface area (Å²) in [6.07, 6.45) is 7.03. The van der Waals surface area contributed by atoms with E-state index in [2.05, 4.69) is 10.3 Å². The SMILES string of the molecule is OC1(c2cccnc2)CCC(NCc2cc(Cl)cs2)CC1. The summed E-state index contributed by atoms with van der Waals surface area (Å²) < 4.78 is 0. The van der Waals surface area contributed by atoms with Crippen LogP contribution in [-0.4, -0.2) is 16.1 Å². The molecule has 2 N–H and O–H groups in total. The molecule has 1 saturated carbocycles. The van der Waals surface area contributed by atoms with E-state index in [0.717, 1.165) is 42.8 Å². The second kappa shape index (κ2) is 6.44. The van der Waals surface area contributed by atoms with Crippen LogP contribution in [-0.2, 0) is 12.1 Å². The van der Waals surface area contributed by atoms with Crippen molar-refractivity contribution in [3.05, 3.63) is 51.4 Å². The number of aliphatic hydroxyl groups is 1. The molecule has 0 spiro atoms. The quantitative estimate of drug-likeness (QED) is 0.901. The van der Waals surface area contributed by atoms with Gasteiger partial charge >= 0.3 is 0 Å². The average molecular weight is 323 g/mol. The molecule has 3 nitrogen and oxygen atoms in total. The van der Waals surface area contributed by atoms with Crippen LogP contribution in [0.4, 0.5) is 0 Å². The van der Waals surface area contributed by atoms with Crippen LogP contribution in [0.25, 0.3) is 0 Å². The molecule has 2 heterocycles. The molecule has 112 valence electrons. The highest BCUT2D eigenvalue weighted by molar-refractivity contribution is 7.10. The lowest BCUT2D eigenvalue weighted by molar-refractivity contribution is -0.00873. The van der Waals surface area contributed by atoms with E-state index in [1.165, 1.54) is 4.88 Å². The summed E-state index contributed by atoms with van der Waals surface area (Å²) in [5.74, 6) is 0. The van der Waals surface area contributed by atoms with Gasteiger partial charge in [0.1, 0.15) is 0 Å². The highest BCUT2D eigenvalue weighted by atomic mass is 35.5. The van der Waals surface area contributed by atoms with Crippen molar-refractivity contribution < 1.29 is 5.11 Å². The zero-order valence-electron chi connectivity index (χ0n) is 11.8. The van der Waals surface area contributed by atoms with Crippen LogP contribution in [0.2, 0.25) is 5.02 Å². The summed E-state index contributed by atoms with van der Waals surface area (Å²) in [7, 11) is 0. The zero-order chi connectivity index (χ0) is 14.7. The minimum absolute atomic E-state index is 0.461. The largest absolute Gasteiger partial charge is 0.385 e. The van der Waals surface area contributed by atoms with E-state index >= 15 is 0 Å². The summed E-state index contributed by atoms with van der Waals surface area (Å²) >= 11 is 7.61. The van der Waals surface area contributed by atoms with Gasteiger partial charge in [-0.2, -0.15) is 0 Å². The average Bonchev–Trinajstić information content (AvgIpc) is 2.93. The van der Waals surface area contributed by atoms with Gasteiger partial charge in [0.15, 0.2) is 0 Å². The molecule has 21 heavy (non-hydrogen) atoms. The number of pyridine rings is 1. The maximum Gasteiger partial charge on any atom is 0.0912 e. The van der Waals surface area contributed by atoms with Gasteiger partial charge in [-0.3, -0.25) is 4.98 Å². The van der Waals surface area contributed by atoms with Gasteiger partial charge in [-0.05, 0) is 37.8 Å². The van der Waals surface area contributed by atoms with Crippen molar-refractivity contribution in [2.75, 3.05) is 0 Å². The first-order chi connectivity index (χ1) is 10.2. The number of aromatic nitrogens is 1. The molecule has 0 saturated heterocycles. The van der Waals surface area contributed by atoms with E-state index in [1.807, 2.05) is 23.6 Å². The topological polar surface area (TPSA) is 45.2 Å². The Labute approximate surface area is 134 Å². The normalized spacial score (nSPS) is 25.9. The lowest BCUT2D eigenvalue weighted by Gasteiger charge is -2.36. The number of hydrogen-bond donors (Lipinski definition) is 2. The number of rotatable bonds is 4. The first-order valence-corrected chi connectivity index (χ1v) is 8.51. The van der Waals surface area contributed by atoms with E-state index in [-0.39, 0.29) is 0 Å². The summed E-state index contributed by atoms with van der Waals surface area (Å²) in [4.78, 5) is 5.37. The van der Waals surface area contributed by atoms with Gasteiger partial charge in [-0.15, -0.1) is 11.3 Å². The van der Waals surface area contributed by atoms with Gasteiger partial charge in [0.25, 0.3) is 0 Å². The van der Waals surface area contributed by atoms with Crippen LogP contribution >= 0.6 is 22.9 Å². The van der Waals surface area contributed by atoms with Crippen molar-refractivity contribution in [1.29, 1.82) is 0 Å². The first kappa shape index (κ1) is 15.0. The van der Waals surface area contributed by atoms with Crippen molar-refractivity contribution in [2.45, 2.75) is 43.9 Å². The summed E-state index contributed by atoms with van der Waals surface area (Å²) in [5, 5.41) is 17.1. The maximum absolute atomic E-state index is 10.8. The number of thiophene rings is 1. The molecule has 2 aromatic rings. The highest BCUT2D eigenvalue weighted by Gasteiger charge is 2.34. The number of halogens is 1. The summed E-state index contributed by atoms with van der Waals surface area (Å²) in [6, 6.07) is 6.32. The Kier molecular flexibility index (Phi) is 4.60. The minimum Gasteiger partial charge on any atom is -0.385 e. The predicted molar refractivity (Wildman–Crippen MR) is 86.6 cm³/mol. The van der Waals surface area contributed by atoms with Gasteiger partial charge in [0.2, 0.25) is 0 Å². The number of nitrogens with one attached hydrogen (secondary N) is 1. The standard InChI is InChI=1S/C16H19ClN2OS/c17-13-8-15(21-11-13)10-19-14-3-5-16(20,6-4-14)12-2-1-7-18-9-12/h1-2,7-9,11,14,19-20H,3-6,10H2. The number of hydrogen-bond acceptors (Lipinski definition) is 4. The molecule has 0 bridgehead atoms. The van der Waals surface area contributed by atoms with E-state index in [9.17, 15) is 5.11 Å². The predicted octanol–water partition coefficient (Wildman–Crippen LogP) is 3.72. The van der Waals surface area contributed by atoms with Gasteiger partial charge in [-0.25, -0.2) is 0 Å². The van der Waals surface area contributed by atoms with Crippen molar-refractivity contribution >= 4 is 22.9 Å². The fourth-order valence-electron chi connectivity index (χ4n) is 2.92. The third kappa shape index (κ3) is 3.64. The second-order valence-corrected chi connectivity index (χ2v) is 7.09. The molecule has 3 rings (SSSR count). The Balaban J connectivity index is 1.53. The van der Waals surface area contributed by atoms with Gasteiger partial charge in [0.05, 0.1) is 10.6 Å². The Morgan fingerprint density at radius 1 is 1.43 bits per heavy atom. The Morgan fingerprint density at radius 2 is 2.24 bits per heavy atom. The molecule has 5 heteroatoms. The Morgan fingerprint density at radius 3 is 2.86 bits per heavy atom. The van der Waals surface area contributed by atoms with Crippen LogP contribution < -0.4 is 5.32 Å². The van der Waals surface area contributed by atoms with E-state index in [1.54, 1.807) is 23.7 Å². The van der Waals surface area contributed by atoms with Crippen LogP contribution in [0, 0.1) is 0 Å². The van der Waals surface area contributed by atoms with Crippen LogP contribution in [0.5, 0.6) is 0 Å². The maximum atomic E-state index is 10.8. The van der Waals surface area contributed by atoms with E-state index in [4.69, 9.17) is 11.6 Å². The monoisotopic (exact) mass is 322 g/mol. The Hall–Kier alpha value is -0.940. The van der Waals surface area contributed by atoms with Crippen molar-refractivity contribution in [3.63, 3.8) is 0 Å². The minimum atomic E-state index is -0.710. The van der Waals surface area contributed by atoms with Crippen molar-refractivity contribution in [2.24, 2.45) is 0 Å². The highest BCUT2D eigenvalue weighted by Crippen LogP contribution is 2.36. The lowest BCUT2D eigenvalue weighted by Crippen LogP contribution is -2.39. The zero-order valence-corrected chi connectivity index (χ0v) is 13.3. The molecule has 0 aliphatic heterocycles.